The third-order valence-electron chi connectivity index (χ3n) is 2.80. The first-order valence-corrected chi connectivity index (χ1v) is 6.32. The highest BCUT2D eigenvalue weighted by atomic mass is 35.5. The van der Waals surface area contributed by atoms with Gasteiger partial charge in [-0.3, -0.25) is 0 Å². The highest BCUT2D eigenvalue weighted by Gasteiger charge is 2.05. The molecule has 0 bridgehead atoms. The lowest BCUT2D eigenvalue weighted by Crippen LogP contribution is -2.10. The molecule has 96 valence electrons. The molecule has 0 saturated heterocycles. The maximum Gasteiger partial charge on any atom is 0.224 e. The monoisotopic (exact) mass is 273 g/mol. The molecule has 3 rings (SSSR count). The summed E-state index contributed by atoms with van der Waals surface area (Å²) in [4.78, 5) is 12.4. The number of hydrogen-bond donors (Lipinski definition) is 1. The number of anilines is 1. The third kappa shape index (κ3) is 2.66. The fourth-order valence-electron chi connectivity index (χ4n) is 1.91. The number of nitrogens with one attached hydrogen (secondary N) is 1. The van der Waals surface area contributed by atoms with Gasteiger partial charge in [-0.25, -0.2) is 15.0 Å². The Morgan fingerprint density at radius 2 is 2.11 bits per heavy atom. The van der Waals surface area contributed by atoms with E-state index >= 15 is 0 Å². The van der Waals surface area contributed by atoms with Crippen molar-refractivity contribution in [2.24, 2.45) is 0 Å². The van der Waals surface area contributed by atoms with E-state index in [9.17, 15) is 0 Å². The molecule has 5 nitrogen and oxygen atoms in total. The molecule has 0 amide bonds. The Morgan fingerprint density at radius 1 is 1.21 bits per heavy atom. The van der Waals surface area contributed by atoms with Crippen LogP contribution in [0.15, 0.2) is 43.0 Å². The molecule has 2 aromatic heterocycles. The van der Waals surface area contributed by atoms with Crippen molar-refractivity contribution in [2.45, 2.75) is 6.54 Å². The molecular formula is C13H12ClN5. The zero-order valence-electron chi connectivity index (χ0n) is 10.1. The lowest BCUT2D eigenvalue weighted by molar-refractivity contribution is 0.725. The largest absolute Gasteiger partial charge is 0.368 e. The van der Waals surface area contributed by atoms with E-state index in [1.807, 2.05) is 35.0 Å². The number of aromatic nitrogens is 4. The first-order valence-electron chi connectivity index (χ1n) is 5.95. The second-order valence-electron chi connectivity index (χ2n) is 4.09. The van der Waals surface area contributed by atoms with E-state index < -0.39 is 0 Å². The summed E-state index contributed by atoms with van der Waals surface area (Å²) < 4.78 is 2.00. The quantitative estimate of drug-likeness (QED) is 0.743. The van der Waals surface area contributed by atoms with Crippen molar-refractivity contribution in [2.75, 3.05) is 11.9 Å². The van der Waals surface area contributed by atoms with Crippen molar-refractivity contribution < 1.29 is 0 Å². The van der Waals surface area contributed by atoms with E-state index in [0.717, 1.165) is 29.8 Å². The van der Waals surface area contributed by atoms with Gasteiger partial charge in [0.15, 0.2) is 0 Å². The van der Waals surface area contributed by atoms with Crippen LogP contribution in [-0.2, 0) is 6.54 Å². The van der Waals surface area contributed by atoms with Crippen LogP contribution in [0.2, 0.25) is 5.28 Å². The molecule has 0 fully saturated rings. The summed E-state index contributed by atoms with van der Waals surface area (Å²) in [6.45, 7) is 1.56. The van der Waals surface area contributed by atoms with Crippen molar-refractivity contribution >= 4 is 28.3 Å². The van der Waals surface area contributed by atoms with Gasteiger partial charge in [0.05, 0.1) is 11.8 Å². The van der Waals surface area contributed by atoms with Gasteiger partial charge in [0.25, 0.3) is 0 Å². The van der Waals surface area contributed by atoms with Gasteiger partial charge >= 0.3 is 0 Å². The molecule has 0 aliphatic carbocycles. The highest BCUT2D eigenvalue weighted by Crippen LogP contribution is 2.21. The van der Waals surface area contributed by atoms with Gasteiger partial charge in [-0.1, -0.05) is 12.1 Å². The van der Waals surface area contributed by atoms with Crippen LogP contribution in [-0.4, -0.2) is 26.1 Å². The first kappa shape index (κ1) is 11.9. The molecule has 0 spiro atoms. The minimum Gasteiger partial charge on any atom is -0.368 e. The second-order valence-corrected chi connectivity index (χ2v) is 4.42. The van der Waals surface area contributed by atoms with Crippen LogP contribution in [0.4, 0.5) is 5.82 Å². The molecular weight excluding hydrogens is 262 g/mol. The van der Waals surface area contributed by atoms with E-state index in [0.29, 0.717) is 0 Å². The molecule has 1 aromatic carbocycles. The van der Waals surface area contributed by atoms with Crippen LogP contribution in [0.1, 0.15) is 0 Å². The molecule has 0 atom stereocenters. The predicted octanol–water partition coefficient (Wildman–Crippen LogP) is 2.59. The standard InChI is InChI=1S/C13H12ClN5/c14-13-17-11-4-2-1-3-10(11)12(18-13)16-6-8-19-7-5-15-9-19/h1-5,7,9H,6,8H2,(H,16,17,18). The number of nitrogens with zero attached hydrogens (tertiary/aromatic N) is 4. The average molecular weight is 274 g/mol. The van der Waals surface area contributed by atoms with Crippen LogP contribution in [0, 0.1) is 0 Å². The molecule has 2 heterocycles. The summed E-state index contributed by atoms with van der Waals surface area (Å²) in [5.74, 6) is 0.760. The van der Waals surface area contributed by atoms with Crippen molar-refractivity contribution in [3.05, 3.63) is 48.3 Å². The fourth-order valence-corrected chi connectivity index (χ4v) is 2.08. The van der Waals surface area contributed by atoms with Crippen LogP contribution >= 0.6 is 11.6 Å². The highest BCUT2D eigenvalue weighted by molar-refractivity contribution is 6.28. The molecule has 0 aliphatic heterocycles. The molecule has 0 radical (unpaired) electrons. The van der Waals surface area contributed by atoms with Gasteiger partial charge < -0.3 is 9.88 Å². The van der Waals surface area contributed by atoms with Crippen LogP contribution in [0.3, 0.4) is 0 Å². The second kappa shape index (κ2) is 5.24. The summed E-state index contributed by atoms with van der Waals surface area (Å²) in [6.07, 6.45) is 5.47. The summed E-state index contributed by atoms with van der Waals surface area (Å²) in [5.41, 5.74) is 0.840. The number of halogens is 1. The zero-order valence-corrected chi connectivity index (χ0v) is 10.9. The fraction of sp³-hybridized carbons (Fsp3) is 0.154. The average Bonchev–Trinajstić information content (AvgIpc) is 2.91. The Morgan fingerprint density at radius 3 is 2.95 bits per heavy atom. The Labute approximate surface area is 115 Å². The number of imidazole rings is 1. The normalized spacial score (nSPS) is 10.8. The number of rotatable bonds is 4. The van der Waals surface area contributed by atoms with E-state index in [4.69, 9.17) is 11.6 Å². The minimum atomic E-state index is 0.254. The van der Waals surface area contributed by atoms with Crippen molar-refractivity contribution in [1.82, 2.24) is 19.5 Å². The van der Waals surface area contributed by atoms with Gasteiger partial charge in [-0.05, 0) is 23.7 Å². The maximum absolute atomic E-state index is 5.92. The predicted molar refractivity (Wildman–Crippen MR) is 75.3 cm³/mol. The summed E-state index contributed by atoms with van der Waals surface area (Å²) in [5, 5.41) is 4.51. The first-order chi connectivity index (χ1) is 9.33. The van der Waals surface area contributed by atoms with E-state index in [1.54, 1.807) is 12.5 Å². The third-order valence-corrected chi connectivity index (χ3v) is 2.97. The summed E-state index contributed by atoms with van der Waals surface area (Å²) in [7, 11) is 0. The number of para-hydroxylation sites is 1. The topological polar surface area (TPSA) is 55.6 Å². The molecule has 19 heavy (non-hydrogen) atoms. The number of benzene rings is 1. The van der Waals surface area contributed by atoms with E-state index in [2.05, 4.69) is 20.3 Å². The summed E-state index contributed by atoms with van der Waals surface area (Å²) >= 11 is 5.92. The molecule has 0 unspecified atom stereocenters. The van der Waals surface area contributed by atoms with E-state index in [1.165, 1.54) is 0 Å². The lowest BCUT2D eigenvalue weighted by Gasteiger charge is -2.09. The van der Waals surface area contributed by atoms with Crippen LogP contribution in [0.25, 0.3) is 10.9 Å². The molecule has 0 aliphatic rings. The van der Waals surface area contributed by atoms with Gasteiger partial charge in [0.2, 0.25) is 5.28 Å². The van der Waals surface area contributed by atoms with Crippen LogP contribution < -0.4 is 5.32 Å². The van der Waals surface area contributed by atoms with Gasteiger partial charge in [0.1, 0.15) is 5.82 Å². The molecule has 6 heteroatoms. The lowest BCUT2D eigenvalue weighted by atomic mass is 10.2. The zero-order chi connectivity index (χ0) is 13.1. The SMILES string of the molecule is Clc1nc(NCCn2ccnc2)c2ccccc2n1. The smallest absolute Gasteiger partial charge is 0.224 e. The molecule has 0 saturated carbocycles. The van der Waals surface area contributed by atoms with Gasteiger partial charge in [-0.15, -0.1) is 0 Å². The Kier molecular flexibility index (Phi) is 3.29. The summed E-state index contributed by atoms with van der Waals surface area (Å²) in [6, 6.07) is 7.79. The molecule has 3 aromatic rings. The Hall–Kier alpha value is -2.14. The molecule has 1 N–H and O–H groups in total. The van der Waals surface area contributed by atoms with Gasteiger partial charge in [0, 0.05) is 30.9 Å². The minimum absolute atomic E-state index is 0.254. The van der Waals surface area contributed by atoms with Crippen molar-refractivity contribution in [1.29, 1.82) is 0 Å². The van der Waals surface area contributed by atoms with Gasteiger partial charge in [-0.2, -0.15) is 0 Å². The Balaban J connectivity index is 1.80. The Bertz CT molecular complexity index is 681. The number of fused-ring (bicyclic) bond motifs is 1. The number of hydrogen-bond acceptors (Lipinski definition) is 4. The van der Waals surface area contributed by atoms with Crippen molar-refractivity contribution in [3.8, 4) is 0 Å². The van der Waals surface area contributed by atoms with E-state index in [-0.39, 0.29) is 5.28 Å². The maximum atomic E-state index is 5.92. The van der Waals surface area contributed by atoms with Crippen LogP contribution in [0.5, 0.6) is 0 Å². The van der Waals surface area contributed by atoms with Crippen molar-refractivity contribution in [3.63, 3.8) is 0 Å².